The summed E-state index contributed by atoms with van der Waals surface area (Å²) < 4.78 is 16.5. The molecule has 2 rings (SSSR count). The second-order valence-electron chi connectivity index (χ2n) is 7.55. The molecule has 0 aliphatic carbocycles. The highest BCUT2D eigenvalue weighted by Crippen LogP contribution is 2.28. The van der Waals surface area contributed by atoms with Crippen LogP contribution in [0.1, 0.15) is 32.3 Å². The molecule has 170 valence electrons. The number of aliphatic imine (C=N–C) groups is 1. The van der Waals surface area contributed by atoms with E-state index in [0.29, 0.717) is 19.1 Å². The van der Waals surface area contributed by atoms with Crippen molar-refractivity contribution in [2.75, 3.05) is 66.7 Å². The number of methoxy groups -OCH3 is 1. The number of benzene rings is 1. The maximum Gasteiger partial charge on any atom is 0.190 e. The van der Waals surface area contributed by atoms with Gasteiger partial charge in [-0.2, -0.15) is 0 Å². The lowest BCUT2D eigenvalue weighted by Gasteiger charge is -2.32. The Morgan fingerprint density at radius 1 is 1.10 bits per heavy atom. The molecule has 7 nitrogen and oxygen atoms in total. The van der Waals surface area contributed by atoms with E-state index >= 15 is 0 Å². The minimum absolute atomic E-state index is 0.629. The average Bonchev–Trinajstić information content (AvgIpc) is 2.77. The summed E-state index contributed by atoms with van der Waals surface area (Å²) in [6.07, 6.45) is 3.34. The molecule has 0 aromatic heterocycles. The number of guanidine groups is 1. The lowest BCUT2D eigenvalue weighted by atomic mass is 9.97. The van der Waals surface area contributed by atoms with Gasteiger partial charge in [-0.05, 0) is 69.8 Å². The Morgan fingerprint density at radius 3 is 2.50 bits per heavy atom. The fraction of sp³-hybridized carbons (Fsp3) is 0.696. The standard InChI is InChI=1S/C23H40N4O3/c1-5-29-21-8-7-19(17-22(21)30-6-2)9-12-25-23(24-3)26-18-20-10-13-27(14-11-20)15-16-28-4/h7-8,17,20H,5-6,9-16,18H2,1-4H3,(H2,24,25,26). The first-order chi connectivity index (χ1) is 14.7. The van der Waals surface area contributed by atoms with E-state index in [0.717, 1.165) is 63.2 Å². The molecule has 1 fully saturated rings. The number of nitrogens with zero attached hydrogens (tertiary/aromatic N) is 2. The fourth-order valence-electron chi connectivity index (χ4n) is 3.67. The average molecular weight is 421 g/mol. The Bertz CT molecular complexity index is 631. The highest BCUT2D eigenvalue weighted by atomic mass is 16.5. The van der Waals surface area contributed by atoms with Crippen LogP contribution in [-0.2, 0) is 11.2 Å². The third-order valence-corrected chi connectivity index (χ3v) is 5.41. The summed E-state index contributed by atoms with van der Waals surface area (Å²) in [6, 6.07) is 6.17. The summed E-state index contributed by atoms with van der Waals surface area (Å²) in [6.45, 7) is 11.2. The molecule has 0 radical (unpaired) electrons. The van der Waals surface area contributed by atoms with Crippen molar-refractivity contribution in [2.24, 2.45) is 10.9 Å². The first-order valence-electron chi connectivity index (χ1n) is 11.2. The van der Waals surface area contributed by atoms with Crippen LogP contribution in [0.15, 0.2) is 23.2 Å². The van der Waals surface area contributed by atoms with Crippen molar-refractivity contribution >= 4 is 5.96 Å². The molecule has 1 saturated heterocycles. The van der Waals surface area contributed by atoms with Crippen molar-refractivity contribution in [3.8, 4) is 11.5 Å². The molecule has 2 N–H and O–H groups in total. The summed E-state index contributed by atoms with van der Waals surface area (Å²) in [5.41, 5.74) is 1.22. The largest absolute Gasteiger partial charge is 0.490 e. The second-order valence-corrected chi connectivity index (χ2v) is 7.55. The molecular weight excluding hydrogens is 380 g/mol. The lowest BCUT2D eigenvalue weighted by Crippen LogP contribution is -2.43. The maximum atomic E-state index is 5.72. The number of piperidine rings is 1. The summed E-state index contributed by atoms with van der Waals surface area (Å²) in [4.78, 5) is 6.85. The summed E-state index contributed by atoms with van der Waals surface area (Å²) in [5, 5.41) is 6.92. The Hall–Kier alpha value is -1.99. The van der Waals surface area contributed by atoms with E-state index in [1.807, 2.05) is 27.0 Å². The van der Waals surface area contributed by atoms with Crippen LogP contribution in [0.4, 0.5) is 0 Å². The molecular formula is C23H40N4O3. The first-order valence-corrected chi connectivity index (χ1v) is 11.2. The van der Waals surface area contributed by atoms with Crippen LogP contribution in [-0.4, -0.2) is 77.6 Å². The van der Waals surface area contributed by atoms with Gasteiger partial charge in [-0.25, -0.2) is 0 Å². The fourth-order valence-corrected chi connectivity index (χ4v) is 3.67. The van der Waals surface area contributed by atoms with E-state index < -0.39 is 0 Å². The third kappa shape index (κ3) is 8.40. The molecule has 1 heterocycles. The highest BCUT2D eigenvalue weighted by Gasteiger charge is 2.19. The van der Waals surface area contributed by atoms with Gasteiger partial charge in [-0.15, -0.1) is 0 Å². The van der Waals surface area contributed by atoms with E-state index in [1.165, 1.54) is 18.4 Å². The summed E-state index contributed by atoms with van der Waals surface area (Å²) >= 11 is 0. The number of hydrogen-bond donors (Lipinski definition) is 2. The lowest BCUT2D eigenvalue weighted by molar-refractivity contribution is 0.121. The summed E-state index contributed by atoms with van der Waals surface area (Å²) in [5.74, 6) is 3.19. The minimum atomic E-state index is 0.629. The predicted octanol–water partition coefficient (Wildman–Crippen LogP) is 2.55. The molecule has 1 aromatic rings. The molecule has 0 atom stereocenters. The zero-order valence-corrected chi connectivity index (χ0v) is 19.2. The molecule has 0 bridgehead atoms. The third-order valence-electron chi connectivity index (χ3n) is 5.41. The van der Waals surface area contributed by atoms with E-state index in [-0.39, 0.29) is 0 Å². The van der Waals surface area contributed by atoms with Gasteiger partial charge in [0.1, 0.15) is 0 Å². The molecule has 0 unspecified atom stereocenters. The summed E-state index contributed by atoms with van der Waals surface area (Å²) in [7, 11) is 3.59. The van der Waals surface area contributed by atoms with Crippen LogP contribution < -0.4 is 20.1 Å². The Kier molecular flexibility index (Phi) is 11.4. The van der Waals surface area contributed by atoms with Gasteiger partial charge in [0.15, 0.2) is 17.5 Å². The second kappa shape index (κ2) is 14.1. The van der Waals surface area contributed by atoms with E-state index in [2.05, 4.69) is 32.7 Å². The molecule has 30 heavy (non-hydrogen) atoms. The molecule has 0 saturated carbocycles. The number of hydrogen-bond acceptors (Lipinski definition) is 5. The van der Waals surface area contributed by atoms with Crippen LogP contribution in [0.25, 0.3) is 0 Å². The Morgan fingerprint density at radius 2 is 1.83 bits per heavy atom. The predicted molar refractivity (Wildman–Crippen MR) is 123 cm³/mol. The quantitative estimate of drug-likeness (QED) is 0.400. The molecule has 0 spiro atoms. The van der Waals surface area contributed by atoms with Crippen molar-refractivity contribution < 1.29 is 14.2 Å². The van der Waals surface area contributed by atoms with Crippen LogP contribution >= 0.6 is 0 Å². The normalized spacial score (nSPS) is 15.8. The van der Waals surface area contributed by atoms with Gasteiger partial charge < -0.3 is 29.7 Å². The topological polar surface area (TPSA) is 67.4 Å². The van der Waals surface area contributed by atoms with Crippen molar-refractivity contribution in [3.05, 3.63) is 23.8 Å². The monoisotopic (exact) mass is 420 g/mol. The molecule has 1 aliphatic heterocycles. The molecule has 0 amide bonds. The Balaban J connectivity index is 1.71. The van der Waals surface area contributed by atoms with Gasteiger partial charge in [0.05, 0.1) is 19.8 Å². The number of ether oxygens (including phenoxy) is 3. The zero-order valence-electron chi connectivity index (χ0n) is 19.2. The van der Waals surface area contributed by atoms with Crippen molar-refractivity contribution in [1.29, 1.82) is 0 Å². The van der Waals surface area contributed by atoms with Gasteiger partial charge >= 0.3 is 0 Å². The van der Waals surface area contributed by atoms with Crippen LogP contribution in [0.3, 0.4) is 0 Å². The van der Waals surface area contributed by atoms with E-state index in [9.17, 15) is 0 Å². The SMILES string of the molecule is CCOc1ccc(CCNC(=NC)NCC2CCN(CCOC)CC2)cc1OCC. The van der Waals surface area contributed by atoms with Gasteiger partial charge in [-0.1, -0.05) is 6.07 Å². The van der Waals surface area contributed by atoms with Gasteiger partial charge in [0.25, 0.3) is 0 Å². The van der Waals surface area contributed by atoms with Gasteiger partial charge in [-0.3, -0.25) is 4.99 Å². The molecule has 7 heteroatoms. The number of rotatable bonds is 12. The van der Waals surface area contributed by atoms with E-state index in [4.69, 9.17) is 14.2 Å². The van der Waals surface area contributed by atoms with Crippen molar-refractivity contribution in [2.45, 2.75) is 33.1 Å². The smallest absolute Gasteiger partial charge is 0.190 e. The molecule has 1 aliphatic rings. The molecule has 1 aromatic carbocycles. The zero-order chi connectivity index (χ0) is 21.6. The number of likely N-dealkylation sites (tertiary alicyclic amines) is 1. The van der Waals surface area contributed by atoms with Crippen LogP contribution in [0, 0.1) is 5.92 Å². The highest BCUT2D eigenvalue weighted by molar-refractivity contribution is 5.79. The van der Waals surface area contributed by atoms with Gasteiger partial charge in [0.2, 0.25) is 0 Å². The van der Waals surface area contributed by atoms with Crippen LogP contribution in [0.2, 0.25) is 0 Å². The number of nitrogens with one attached hydrogen (secondary N) is 2. The Labute approximate surface area is 182 Å². The van der Waals surface area contributed by atoms with Crippen LogP contribution in [0.5, 0.6) is 11.5 Å². The van der Waals surface area contributed by atoms with E-state index in [1.54, 1.807) is 7.11 Å². The maximum absolute atomic E-state index is 5.72. The minimum Gasteiger partial charge on any atom is -0.490 e. The van der Waals surface area contributed by atoms with Gasteiger partial charge in [0, 0.05) is 33.8 Å². The van der Waals surface area contributed by atoms with Crippen molar-refractivity contribution in [1.82, 2.24) is 15.5 Å². The first kappa shape index (κ1) is 24.3. The van der Waals surface area contributed by atoms with Crippen molar-refractivity contribution in [3.63, 3.8) is 0 Å².